The van der Waals surface area contributed by atoms with Crippen LogP contribution in [0.25, 0.3) is 5.69 Å². The number of ether oxygens (including phenoxy) is 3. The summed E-state index contributed by atoms with van der Waals surface area (Å²) in [6.07, 6.45) is 1.17. The molecule has 1 aromatic carbocycles. The minimum absolute atomic E-state index is 0.120. The largest absolute Gasteiger partial charge is 0.481 e. The molecule has 0 N–H and O–H groups in total. The number of rotatable bonds is 3. The topological polar surface area (TPSA) is 82.9 Å². The van der Waals surface area contributed by atoms with Gasteiger partial charge in [0.05, 0.1) is 32.1 Å². The number of aryl methyl sites for hydroxylation is 1. The van der Waals surface area contributed by atoms with E-state index in [9.17, 15) is 9.59 Å². The lowest BCUT2D eigenvalue weighted by Gasteiger charge is -2.37. The summed E-state index contributed by atoms with van der Waals surface area (Å²) in [5.41, 5.74) is 1.23. The average molecular weight is 385 g/mol. The highest BCUT2D eigenvalue weighted by Crippen LogP contribution is 2.31. The standard InChI is InChI=1S/C20H23N3O5/c1-14-3-5-15(6-4-14)23-17(26-2)13-16(24)18(21-23)19(25)22-9-7-20(8-10-22)27-11-12-28-20/h3-6,13H,7-12H2,1-2H3. The van der Waals surface area contributed by atoms with Crippen LogP contribution in [0.15, 0.2) is 35.1 Å². The van der Waals surface area contributed by atoms with Crippen LogP contribution in [0.2, 0.25) is 0 Å². The van der Waals surface area contributed by atoms with Gasteiger partial charge in [0.2, 0.25) is 11.3 Å². The Bertz CT molecular complexity index is 922. The fourth-order valence-corrected chi connectivity index (χ4v) is 3.59. The first-order chi connectivity index (χ1) is 13.5. The van der Waals surface area contributed by atoms with Crippen molar-refractivity contribution in [3.05, 3.63) is 51.8 Å². The molecular weight excluding hydrogens is 362 g/mol. The molecule has 8 nitrogen and oxygen atoms in total. The van der Waals surface area contributed by atoms with Crippen LogP contribution in [0.4, 0.5) is 0 Å². The number of carbonyl (C=O) groups excluding carboxylic acids is 1. The number of hydrogen-bond donors (Lipinski definition) is 0. The minimum Gasteiger partial charge on any atom is -0.481 e. The molecule has 2 aliphatic rings. The number of aromatic nitrogens is 2. The zero-order valence-electron chi connectivity index (χ0n) is 16.0. The second-order valence-corrected chi connectivity index (χ2v) is 7.05. The molecule has 0 aliphatic carbocycles. The number of nitrogens with zero attached hydrogens (tertiary/aromatic N) is 3. The van der Waals surface area contributed by atoms with Crippen LogP contribution >= 0.6 is 0 Å². The van der Waals surface area contributed by atoms with Gasteiger partial charge in [0.1, 0.15) is 0 Å². The number of benzene rings is 1. The SMILES string of the molecule is COc1cc(=O)c(C(=O)N2CCC3(CC2)OCCO3)nn1-c1ccc(C)cc1. The lowest BCUT2D eigenvalue weighted by Crippen LogP contribution is -2.48. The zero-order valence-corrected chi connectivity index (χ0v) is 16.0. The van der Waals surface area contributed by atoms with Gasteiger partial charge in [-0.15, -0.1) is 0 Å². The van der Waals surface area contributed by atoms with Crippen LogP contribution < -0.4 is 10.2 Å². The van der Waals surface area contributed by atoms with Crippen LogP contribution in [0.3, 0.4) is 0 Å². The fraction of sp³-hybridized carbons (Fsp3) is 0.450. The highest BCUT2D eigenvalue weighted by atomic mass is 16.7. The predicted octanol–water partition coefficient (Wildman–Crippen LogP) is 1.53. The summed E-state index contributed by atoms with van der Waals surface area (Å²) in [5, 5.41) is 4.33. The molecule has 4 rings (SSSR count). The lowest BCUT2D eigenvalue weighted by atomic mass is 10.0. The van der Waals surface area contributed by atoms with Crippen molar-refractivity contribution < 1.29 is 19.0 Å². The van der Waals surface area contributed by atoms with Crippen molar-refractivity contribution >= 4 is 5.91 Å². The number of amides is 1. The first kappa shape index (κ1) is 18.6. The molecule has 8 heteroatoms. The van der Waals surface area contributed by atoms with E-state index in [1.54, 1.807) is 4.90 Å². The molecule has 1 spiro atoms. The number of methoxy groups -OCH3 is 1. The summed E-state index contributed by atoms with van der Waals surface area (Å²) in [4.78, 5) is 27.1. The van der Waals surface area contributed by atoms with Gasteiger partial charge in [-0.3, -0.25) is 9.59 Å². The van der Waals surface area contributed by atoms with E-state index in [4.69, 9.17) is 14.2 Å². The smallest absolute Gasteiger partial charge is 0.278 e. The fourth-order valence-electron chi connectivity index (χ4n) is 3.59. The Kier molecular flexibility index (Phi) is 4.91. The average Bonchev–Trinajstić information content (AvgIpc) is 3.16. The Hall–Kier alpha value is -2.71. The number of piperidine rings is 1. The maximum atomic E-state index is 13.0. The van der Waals surface area contributed by atoms with E-state index < -0.39 is 11.2 Å². The molecule has 28 heavy (non-hydrogen) atoms. The van der Waals surface area contributed by atoms with Crippen LogP contribution in [0, 0.1) is 6.92 Å². The first-order valence-corrected chi connectivity index (χ1v) is 9.34. The van der Waals surface area contributed by atoms with Gasteiger partial charge in [0, 0.05) is 25.9 Å². The summed E-state index contributed by atoms with van der Waals surface area (Å²) in [6, 6.07) is 8.89. The second-order valence-electron chi connectivity index (χ2n) is 7.05. The molecule has 0 saturated carbocycles. The molecule has 3 heterocycles. The van der Waals surface area contributed by atoms with Crippen molar-refractivity contribution in [2.75, 3.05) is 33.4 Å². The molecule has 148 valence electrons. The molecule has 0 radical (unpaired) electrons. The van der Waals surface area contributed by atoms with Crippen molar-refractivity contribution in [3.63, 3.8) is 0 Å². The normalized spacial score (nSPS) is 18.4. The molecular formula is C20H23N3O5. The maximum absolute atomic E-state index is 13.0. The predicted molar refractivity (Wildman–Crippen MR) is 101 cm³/mol. The molecule has 2 saturated heterocycles. The van der Waals surface area contributed by atoms with Crippen molar-refractivity contribution in [1.82, 2.24) is 14.7 Å². The van der Waals surface area contributed by atoms with Gasteiger partial charge in [-0.2, -0.15) is 5.10 Å². The zero-order chi connectivity index (χ0) is 19.7. The Labute approximate surface area is 162 Å². The van der Waals surface area contributed by atoms with Gasteiger partial charge in [-0.1, -0.05) is 17.7 Å². The highest BCUT2D eigenvalue weighted by molar-refractivity contribution is 5.92. The number of carbonyl (C=O) groups is 1. The van der Waals surface area contributed by atoms with Crippen LogP contribution in [0.1, 0.15) is 28.9 Å². The lowest BCUT2D eigenvalue weighted by molar-refractivity contribution is -0.181. The number of likely N-dealkylation sites (tertiary alicyclic amines) is 1. The second kappa shape index (κ2) is 7.37. The molecule has 0 bridgehead atoms. The Morgan fingerprint density at radius 2 is 1.79 bits per heavy atom. The van der Waals surface area contributed by atoms with Crippen LogP contribution in [-0.4, -0.2) is 59.8 Å². The number of hydrogen-bond acceptors (Lipinski definition) is 6. The molecule has 2 aliphatic heterocycles. The van der Waals surface area contributed by atoms with Crippen molar-refractivity contribution in [3.8, 4) is 11.6 Å². The van der Waals surface area contributed by atoms with Gasteiger partial charge in [0.15, 0.2) is 11.5 Å². The Balaban J connectivity index is 1.62. The summed E-state index contributed by atoms with van der Waals surface area (Å²) < 4.78 is 18.2. The summed E-state index contributed by atoms with van der Waals surface area (Å²) >= 11 is 0. The van der Waals surface area contributed by atoms with Gasteiger partial charge < -0.3 is 19.1 Å². The third-order valence-electron chi connectivity index (χ3n) is 5.21. The maximum Gasteiger partial charge on any atom is 0.278 e. The van der Waals surface area contributed by atoms with Gasteiger partial charge in [0.25, 0.3) is 5.91 Å². The molecule has 2 aromatic rings. The van der Waals surface area contributed by atoms with Crippen molar-refractivity contribution in [2.24, 2.45) is 0 Å². The van der Waals surface area contributed by atoms with Gasteiger partial charge in [-0.25, -0.2) is 4.68 Å². The molecule has 0 unspecified atom stereocenters. The van der Waals surface area contributed by atoms with E-state index in [2.05, 4.69) is 5.10 Å². The molecule has 1 amide bonds. The van der Waals surface area contributed by atoms with E-state index in [0.717, 1.165) is 5.56 Å². The van der Waals surface area contributed by atoms with Crippen molar-refractivity contribution in [2.45, 2.75) is 25.6 Å². The molecule has 0 atom stereocenters. The Morgan fingerprint density at radius 1 is 1.14 bits per heavy atom. The molecule has 2 fully saturated rings. The summed E-state index contributed by atoms with van der Waals surface area (Å²) in [6.45, 7) is 4.05. The van der Waals surface area contributed by atoms with E-state index in [1.165, 1.54) is 17.9 Å². The minimum atomic E-state index is -0.577. The van der Waals surface area contributed by atoms with Gasteiger partial charge >= 0.3 is 0 Å². The van der Waals surface area contributed by atoms with Crippen LogP contribution in [0.5, 0.6) is 5.88 Å². The van der Waals surface area contributed by atoms with Crippen molar-refractivity contribution in [1.29, 1.82) is 0 Å². The van der Waals surface area contributed by atoms with E-state index in [1.807, 2.05) is 31.2 Å². The van der Waals surface area contributed by atoms with E-state index in [0.29, 0.717) is 44.8 Å². The highest BCUT2D eigenvalue weighted by Gasteiger charge is 2.41. The first-order valence-electron chi connectivity index (χ1n) is 9.34. The molecule has 1 aromatic heterocycles. The van der Waals surface area contributed by atoms with Crippen LogP contribution in [-0.2, 0) is 9.47 Å². The summed E-state index contributed by atoms with van der Waals surface area (Å²) in [5.74, 6) is -0.691. The van der Waals surface area contributed by atoms with Gasteiger partial charge in [-0.05, 0) is 19.1 Å². The summed E-state index contributed by atoms with van der Waals surface area (Å²) in [7, 11) is 1.47. The monoisotopic (exact) mass is 385 g/mol. The Morgan fingerprint density at radius 3 is 2.39 bits per heavy atom. The van der Waals surface area contributed by atoms with E-state index >= 15 is 0 Å². The third-order valence-corrected chi connectivity index (χ3v) is 5.21. The quantitative estimate of drug-likeness (QED) is 0.797. The third kappa shape index (κ3) is 3.41. The van der Waals surface area contributed by atoms with E-state index in [-0.39, 0.29) is 17.5 Å².